The Morgan fingerprint density at radius 1 is 1.50 bits per heavy atom. The number of nitrogens with one attached hydrogen (secondary N) is 2. The number of aromatic nitrogens is 1. The molecule has 1 fully saturated rings. The van der Waals surface area contributed by atoms with E-state index in [1.807, 2.05) is 0 Å². The zero-order valence-corrected chi connectivity index (χ0v) is 13.1. The Labute approximate surface area is 124 Å². The Kier molecular flexibility index (Phi) is 4.24. The van der Waals surface area contributed by atoms with E-state index >= 15 is 0 Å². The molecule has 1 aliphatic carbocycles. The highest BCUT2D eigenvalue weighted by molar-refractivity contribution is 7.89. The maximum atomic E-state index is 12.3. The molecule has 0 radical (unpaired) electrons. The molecule has 1 saturated carbocycles. The van der Waals surface area contributed by atoms with Crippen molar-refractivity contribution in [3.8, 4) is 0 Å². The third-order valence-corrected chi connectivity index (χ3v) is 5.33. The summed E-state index contributed by atoms with van der Waals surface area (Å²) in [5.74, 6) is 5.45. The van der Waals surface area contributed by atoms with Crippen LogP contribution >= 0.6 is 11.6 Å². The van der Waals surface area contributed by atoms with E-state index in [0.29, 0.717) is 0 Å². The monoisotopic (exact) mass is 318 g/mol. The molecule has 0 amide bonds. The molecule has 4 N–H and O–H groups in total. The Bertz CT molecular complexity index is 603. The number of halogens is 1. The zero-order chi connectivity index (χ0) is 15.0. The quantitative estimate of drug-likeness (QED) is 0.581. The Balaban J connectivity index is 2.17. The molecule has 8 heteroatoms. The van der Waals surface area contributed by atoms with Gasteiger partial charge in [-0.15, -0.1) is 0 Å². The van der Waals surface area contributed by atoms with Crippen molar-refractivity contribution < 1.29 is 8.42 Å². The van der Waals surface area contributed by atoms with Crippen molar-refractivity contribution in [2.75, 3.05) is 5.43 Å². The van der Waals surface area contributed by atoms with Crippen molar-refractivity contribution >= 4 is 27.4 Å². The van der Waals surface area contributed by atoms with E-state index in [2.05, 4.69) is 29.0 Å². The van der Waals surface area contributed by atoms with E-state index in [1.165, 1.54) is 12.3 Å². The van der Waals surface area contributed by atoms with Gasteiger partial charge in [-0.3, -0.25) is 0 Å². The van der Waals surface area contributed by atoms with E-state index in [9.17, 15) is 8.42 Å². The van der Waals surface area contributed by atoms with Crippen LogP contribution in [0.3, 0.4) is 0 Å². The molecular weight excluding hydrogens is 300 g/mol. The smallest absolute Gasteiger partial charge is 0.242 e. The second-order valence-electron chi connectivity index (χ2n) is 5.87. The molecule has 1 aromatic heterocycles. The molecule has 0 saturated heterocycles. The molecule has 2 rings (SSSR count). The zero-order valence-electron chi connectivity index (χ0n) is 11.5. The minimum atomic E-state index is -3.61. The molecular formula is C12H19ClN4O2S. The minimum absolute atomic E-state index is 0.0407. The molecule has 1 aliphatic rings. The normalized spacial score (nSPS) is 21.9. The topological polar surface area (TPSA) is 97.1 Å². The van der Waals surface area contributed by atoms with Crippen LogP contribution in [0.15, 0.2) is 17.2 Å². The van der Waals surface area contributed by atoms with Gasteiger partial charge in [-0.05, 0) is 30.7 Å². The number of anilines is 1. The maximum Gasteiger partial charge on any atom is 0.242 e. The van der Waals surface area contributed by atoms with Gasteiger partial charge in [0.25, 0.3) is 0 Å². The molecule has 0 aliphatic heterocycles. The summed E-state index contributed by atoms with van der Waals surface area (Å²) >= 11 is 5.90. The molecule has 1 atom stereocenters. The Morgan fingerprint density at radius 3 is 2.70 bits per heavy atom. The van der Waals surface area contributed by atoms with Crippen LogP contribution in [0.1, 0.15) is 33.1 Å². The fraction of sp³-hybridized carbons (Fsp3) is 0.583. The highest BCUT2D eigenvalue weighted by Crippen LogP contribution is 2.37. The predicted octanol–water partition coefficient (Wildman–Crippen LogP) is 1.88. The van der Waals surface area contributed by atoms with Crippen LogP contribution < -0.4 is 16.0 Å². The van der Waals surface area contributed by atoms with Gasteiger partial charge in [-0.2, -0.15) is 0 Å². The number of nitrogen functional groups attached to an aromatic ring is 1. The lowest BCUT2D eigenvalue weighted by Crippen LogP contribution is -2.33. The summed E-state index contributed by atoms with van der Waals surface area (Å²) in [6.45, 7) is 4.28. The highest BCUT2D eigenvalue weighted by atomic mass is 35.5. The lowest BCUT2D eigenvalue weighted by atomic mass is 9.92. The molecule has 0 aromatic carbocycles. The average molecular weight is 319 g/mol. The van der Waals surface area contributed by atoms with E-state index in [-0.39, 0.29) is 27.2 Å². The largest absolute Gasteiger partial charge is 0.307 e. The second-order valence-corrected chi connectivity index (χ2v) is 7.99. The lowest BCUT2D eigenvalue weighted by molar-refractivity contribution is 0.372. The number of hydrogen-bond acceptors (Lipinski definition) is 5. The maximum absolute atomic E-state index is 12.3. The number of rotatable bonds is 4. The predicted molar refractivity (Wildman–Crippen MR) is 78.8 cm³/mol. The van der Waals surface area contributed by atoms with Crippen LogP contribution in [0, 0.1) is 5.41 Å². The summed E-state index contributed by atoms with van der Waals surface area (Å²) in [5.41, 5.74) is 2.48. The number of nitrogens with two attached hydrogens (primary N) is 1. The van der Waals surface area contributed by atoms with Gasteiger partial charge >= 0.3 is 0 Å². The Morgan fingerprint density at radius 2 is 2.20 bits per heavy atom. The minimum Gasteiger partial charge on any atom is -0.307 e. The van der Waals surface area contributed by atoms with Gasteiger partial charge in [0.15, 0.2) is 5.82 Å². The van der Waals surface area contributed by atoms with Crippen LogP contribution in [-0.4, -0.2) is 19.4 Å². The molecule has 1 unspecified atom stereocenters. The van der Waals surface area contributed by atoms with Crippen LogP contribution in [0.5, 0.6) is 0 Å². The first-order chi connectivity index (χ1) is 9.23. The number of hydrazine groups is 1. The first-order valence-electron chi connectivity index (χ1n) is 6.38. The molecule has 112 valence electrons. The number of pyridine rings is 1. The first-order valence-corrected chi connectivity index (χ1v) is 8.24. The van der Waals surface area contributed by atoms with Gasteiger partial charge in [-0.25, -0.2) is 24.0 Å². The van der Waals surface area contributed by atoms with Crippen molar-refractivity contribution in [1.82, 2.24) is 9.71 Å². The SMILES string of the molecule is CC1(C)CCC(NS(=O)(=O)c2cnc(NN)c(Cl)c2)C1. The van der Waals surface area contributed by atoms with Crippen LogP contribution in [0.25, 0.3) is 0 Å². The molecule has 0 spiro atoms. The van der Waals surface area contributed by atoms with Crippen LogP contribution in [-0.2, 0) is 10.0 Å². The summed E-state index contributed by atoms with van der Waals surface area (Å²) in [4.78, 5) is 3.93. The van der Waals surface area contributed by atoms with Crippen molar-refractivity contribution in [2.24, 2.45) is 11.3 Å². The first kappa shape index (κ1) is 15.5. The second kappa shape index (κ2) is 5.48. The highest BCUT2D eigenvalue weighted by Gasteiger charge is 2.33. The van der Waals surface area contributed by atoms with Gasteiger partial charge in [-0.1, -0.05) is 25.4 Å². The van der Waals surface area contributed by atoms with Crippen molar-refractivity contribution in [3.63, 3.8) is 0 Å². The van der Waals surface area contributed by atoms with Gasteiger partial charge in [0.1, 0.15) is 4.90 Å². The van der Waals surface area contributed by atoms with Gasteiger partial charge in [0.2, 0.25) is 10.0 Å². The van der Waals surface area contributed by atoms with Gasteiger partial charge < -0.3 is 5.43 Å². The van der Waals surface area contributed by atoms with Crippen LogP contribution in [0.4, 0.5) is 5.82 Å². The Hall–Kier alpha value is -0.890. The molecule has 0 bridgehead atoms. The number of nitrogens with zero attached hydrogens (tertiary/aromatic N) is 1. The summed E-state index contributed by atoms with van der Waals surface area (Å²) in [7, 11) is -3.61. The summed E-state index contributed by atoms with van der Waals surface area (Å²) < 4.78 is 27.3. The van der Waals surface area contributed by atoms with Crippen molar-refractivity contribution in [2.45, 2.75) is 44.0 Å². The van der Waals surface area contributed by atoms with Crippen molar-refractivity contribution in [3.05, 3.63) is 17.3 Å². The van der Waals surface area contributed by atoms with Crippen molar-refractivity contribution in [1.29, 1.82) is 0 Å². The van der Waals surface area contributed by atoms with Gasteiger partial charge in [0.05, 0.1) is 5.02 Å². The third kappa shape index (κ3) is 3.41. The van der Waals surface area contributed by atoms with Gasteiger partial charge in [0, 0.05) is 12.2 Å². The average Bonchev–Trinajstić information content (AvgIpc) is 2.67. The van der Waals surface area contributed by atoms with E-state index in [0.717, 1.165) is 19.3 Å². The number of hydrogen-bond donors (Lipinski definition) is 3. The molecule has 1 heterocycles. The summed E-state index contributed by atoms with van der Waals surface area (Å²) in [6.07, 6.45) is 3.92. The summed E-state index contributed by atoms with van der Waals surface area (Å²) in [6, 6.07) is 1.30. The fourth-order valence-electron chi connectivity index (χ4n) is 2.50. The van der Waals surface area contributed by atoms with Crippen LogP contribution in [0.2, 0.25) is 5.02 Å². The van der Waals surface area contributed by atoms with E-state index in [1.54, 1.807) is 0 Å². The lowest BCUT2D eigenvalue weighted by Gasteiger charge is -2.18. The fourth-order valence-corrected chi connectivity index (χ4v) is 4.02. The third-order valence-electron chi connectivity index (χ3n) is 3.55. The molecule has 20 heavy (non-hydrogen) atoms. The summed E-state index contributed by atoms with van der Waals surface area (Å²) in [5, 5.41) is 0.169. The number of sulfonamides is 1. The molecule has 1 aromatic rings. The van der Waals surface area contributed by atoms with E-state index < -0.39 is 10.0 Å². The standard InChI is InChI=1S/C12H19ClN4O2S/c1-12(2)4-3-8(6-12)17-20(18,19)9-5-10(13)11(16-14)15-7-9/h5,7-8,17H,3-4,6,14H2,1-2H3,(H,15,16). The molecule has 6 nitrogen and oxygen atoms in total. The van der Waals surface area contributed by atoms with E-state index in [4.69, 9.17) is 17.4 Å².